The summed E-state index contributed by atoms with van der Waals surface area (Å²) in [6.45, 7) is 7.23. The predicted octanol–water partition coefficient (Wildman–Crippen LogP) is 2.67. The number of likely N-dealkylation sites (tertiary alicyclic amines) is 1. The van der Waals surface area contributed by atoms with Crippen LogP contribution in [0.25, 0.3) is 11.3 Å². The van der Waals surface area contributed by atoms with Gasteiger partial charge in [0, 0.05) is 24.7 Å². The van der Waals surface area contributed by atoms with Gasteiger partial charge in [-0.3, -0.25) is 14.4 Å². The van der Waals surface area contributed by atoms with Gasteiger partial charge in [-0.1, -0.05) is 0 Å². The predicted molar refractivity (Wildman–Crippen MR) is 116 cm³/mol. The summed E-state index contributed by atoms with van der Waals surface area (Å²) in [6.07, 6.45) is 1.12. The number of hydrogen-bond donors (Lipinski definition) is 0. The van der Waals surface area contributed by atoms with Crippen LogP contribution >= 0.6 is 0 Å². The average molecular weight is 428 g/mol. The zero-order valence-electron chi connectivity index (χ0n) is 18.2. The molecule has 1 unspecified atom stereocenters. The van der Waals surface area contributed by atoms with Crippen molar-refractivity contribution in [3.63, 3.8) is 0 Å². The zero-order chi connectivity index (χ0) is 22.4. The number of rotatable bonds is 7. The number of aromatic nitrogens is 2. The Morgan fingerprint density at radius 2 is 1.74 bits per heavy atom. The minimum absolute atomic E-state index is 0.178. The molecule has 1 aliphatic heterocycles. The molecular formula is C23H29N3O5. The summed E-state index contributed by atoms with van der Waals surface area (Å²) in [7, 11) is 0. The fraction of sp³-hybridized carbons (Fsp3) is 0.478. The Labute approximate surface area is 181 Å². The number of ether oxygens (including phenoxy) is 2. The number of hydrogen-bond acceptors (Lipinski definition) is 6. The Bertz CT molecular complexity index is 962. The summed E-state index contributed by atoms with van der Waals surface area (Å²) in [5.41, 5.74) is 1.09. The molecule has 0 N–H and O–H groups in total. The SMILES string of the molecule is CCOC(=O)C1CCN(C(=O)C(C)n2nc(-c3ccc(OCC)cc3)ccc2=O)CC1. The first-order valence-corrected chi connectivity index (χ1v) is 10.7. The maximum atomic E-state index is 13.0. The highest BCUT2D eigenvalue weighted by Crippen LogP contribution is 2.23. The molecule has 0 aliphatic carbocycles. The van der Waals surface area contributed by atoms with Gasteiger partial charge in [0.05, 0.1) is 24.8 Å². The number of esters is 1. The van der Waals surface area contributed by atoms with Crippen molar-refractivity contribution < 1.29 is 19.1 Å². The van der Waals surface area contributed by atoms with E-state index in [1.165, 1.54) is 10.7 Å². The van der Waals surface area contributed by atoms with Crippen molar-refractivity contribution in [3.8, 4) is 17.0 Å². The Hall–Kier alpha value is -3.16. The molecular weight excluding hydrogens is 398 g/mol. The van der Waals surface area contributed by atoms with Gasteiger partial charge in [0.2, 0.25) is 5.91 Å². The van der Waals surface area contributed by atoms with E-state index in [0.29, 0.717) is 44.8 Å². The first-order chi connectivity index (χ1) is 14.9. The Morgan fingerprint density at radius 1 is 1.06 bits per heavy atom. The minimum Gasteiger partial charge on any atom is -0.494 e. The maximum absolute atomic E-state index is 13.0. The Morgan fingerprint density at radius 3 is 2.35 bits per heavy atom. The highest BCUT2D eigenvalue weighted by molar-refractivity contribution is 5.80. The van der Waals surface area contributed by atoms with Crippen molar-refractivity contribution in [1.29, 1.82) is 0 Å². The molecule has 1 aliphatic rings. The Kier molecular flexibility index (Phi) is 7.44. The van der Waals surface area contributed by atoms with Crippen LogP contribution in [0.15, 0.2) is 41.2 Å². The van der Waals surface area contributed by atoms with Crippen LogP contribution < -0.4 is 10.3 Å². The van der Waals surface area contributed by atoms with Crippen LogP contribution in [0.3, 0.4) is 0 Å². The van der Waals surface area contributed by atoms with Gasteiger partial charge in [-0.25, -0.2) is 4.68 Å². The van der Waals surface area contributed by atoms with Crippen molar-refractivity contribution in [2.75, 3.05) is 26.3 Å². The fourth-order valence-corrected chi connectivity index (χ4v) is 3.71. The van der Waals surface area contributed by atoms with Gasteiger partial charge in [0.25, 0.3) is 5.56 Å². The summed E-state index contributed by atoms with van der Waals surface area (Å²) in [4.78, 5) is 39.1. The number of carbonyl (C=O) groups excluding carboxylic acids is 2. The molecule has 1 atom stereocenters. The van der Waals surface area contributed by atoms with Crippen molar-refractivity contribution in [2.24, 2.45) is 5.92 Å². The highest BCUT2D eigenvalue weighted by atomic mass is 16.5. The molecule has 2 aromatic rings. The molecule has 0 radical (unpaired) electrons. The van der Waals surface area contributed by atoms with Gasteiger partial charge < -0.3 is 14.4 Å². The molecule has 0 bridgehead atoms. The lowest BCUT2D eigenvalue weighted by molar-refractivity contribution is -0.151. The fourth-order valence-electron chi connectivity index (χ4n) is 3.71. The molecule has 8 heteroatoms. The minimum atomic E-state index is -0.741. The lowest BCUT2D eigenvalue weighted by atomic mass is 9.96. The van der Waals surface area contributed by atoms with Gasteiger partial charge >= 0.3 is 5.97 Å². The van der Waals surface area contributed by atoms with Gasteiger partial charge in [-0.05, 0) is 63.9 Å². The van der Waals surface area contributed by atoms with E-state index in [1.807, 2.05) is 31.2 Å². The molecule has 0 saturated carbocycles. The second-order valence-corrected chi connectivity index (χ2v) is 7.49. The third-order valence-electron chi connectivity index (χ3n) is 5.44. The van der Waals surface area contributed by atoms with Gasteiger partial charge in [0.15, 0.2) is 0 Å². The van der Waals surface area contributed by atoms with Crippen LogP contribution in [0, 0.1) is 5.92 Å². The molecule has 1 aromatic heterocycles. The second-order valence-electron chi connectivity index (χ2n) is 7.49. The van der Waals surface area contributed by atoms with E-state index in [1.54, 1.807) is 24.8 Å². The lowest BCUT2D eigenvalue weighted by Gasteiger charge is -2.32. The van der Waals surface area contributed by atoms with E-state index in [4.69, 9.17) is 9.47 Å². The summed E-state index contributed by atoms with van der Waals surface area (Å²) < 4.78 is 11.8. The quantitative estimate of drug-likeness (QED) is 0.631. The normalized spacial score (nSPS) is 15.4. The maximum Gasteiger partial charge on any atom is 0.309 e. The molecule has 0 spiro atoms. The van der Waals surface area contributed by atoms with E-state index in [2.05, 4.69) is 5.10 Å². The van der Waals surface area contributed by atoms with Gasteiger partial charge in [0.1, 0.15) is 11.8 Å². The summed E-state index contributed by atoms with van der Waals surface area (Å²) in [6, 6.07) is 9.76. The second kappa shape index (κ2) is 10.2. The number of amides is 1. The summed E-state index contributed by atoms with van der Waals surface area (Å²) in [5, 5.41) is 4.44. The van der Waals surface area contributed by atoms with E-state index in [-0.39, 0.29) is 23.4 Å². The van der Waals surface area contributed by atoms with Crippen LogP contribution in [0.1, 0.15) is 39.7 Å². The molecule has 1 amide bonds. The van der Waals surface area contributed by atoms with E-state index < -0.39 is 6.04 Å². The lowest BCUT2D eigenvalue weighted by Crippen LogP contribution is -2.45. The van der Waals surface area contributed by atoms with Gasteiger partial charge in [-0.15, -0.1) is 0 Å². The monoisotopic (exact) mass is 427 g/mol. The standard InChI is InChI=1S/C23H29N3O5/c1-4-30-19-8-6-17(7-9-19)20-10-11-21(27)26(24-20)16(3)22(28)25-14-12-18(13-15-25)23(29)31-5-2/h6-11,16,18H,4-5,12-15H2,1-3H3. The third kappa shape index (κ3) is 5.31. The van der Waals surface area contributed by atoms with Crippen LogP contribution in [-0.2, 0) is 14.3 Å². The topological polar surface area (TPSA) is 90.7 Å². The van der Waals surface area contributed by atoms with Crippen LogP contribution in [0.2, 0.25) is 0 Å². The first kappa shape index (κ1) is 22.5. The van der Waals surface area contributed by atoms with Crippen molar-refractivity contribution >= 4 is 11.9 Å². The molecule has 2 heterocycles. The molecule has 3 rings (SSSR count). The number of carbonyl (C=O) groups is 2. The smallest absolute Gasteiger partial charge is 0.309 e. The molecule has 31 heavy (non-hydrogen) atoms. The molecule has 1 saturated heterocycles. The summed E-state index contributed by atoms with van der Waals surface area (Å²) in [5.74, 6) is 0.196. The molecule has 8 nitrogen and oxygen atoms in total. The van der Waals surface area contributed by atoms with E-state index in [0.717, 1.165) is 11.3 Å². The van der Waals surface area contributed by atoms with Crippen LogP contribution in [0.4, 0.5) is 0 Å². The van der Waals surface area contributed by atoms with Crippen molar-refractivity contribution in [2.45, 2.75) is 39.7 Å². The highest BCUT2D eigenvalue weighted by Gasteiger charge is 2.31. The number of benzene rings is 1. The van der Waals surface area contributed by atoms with Crippen LogP contribution in [0.5, 0.6) is 5.75 Å². The van der Waals surface area contributed by atoms with E-state index >= 15 is 0 Å². The number of nitrogens with zero attached hydrogens (tertiary/aromatic N) is 3. The first-order valence-electron chi connectivity index (χ1n) is 10.7. The van der Waals surface area contributed by atoms with Crippen LogP contribution in [-0.4, -0.2) is 52.9 Å². The Balaban J connectivity index is 1.72. The van der Waals surface area contributed by atoms with E-state index in [9.17, 15) is 14.4 Å². The van der Waals surface area contributed by atoms with Crippen molar-refractivity contribution in [1.82, 2.24) is 14.7 Å². The third-order valence-corrected chi connectivity index (χ3v) is 5.44. The van der Waals surface area contributed by atoms with Crippen molar-refractivity contribution in [3.05, 3.63) is 46.8 Å². The zero-order valence-corrected chi connectivity index (χ0v) is 18.2. The molecule has 166 valence electrons. The largest absolute Gasteiger partial charge is 0.494 e. The van der Waals surface area contributed by atoms with Gasteiger partial charge in [-0.2, -0.15) is 5.10 Å². The molecule has 1 aromatic carbocycles. The molecule has 1 fully saturated rings. The average Bonchev–Trinajstić information content (AvgIpc) is 2.79. The number of piperidine rings is 1. The summed E-state index contributed by atoms with van der Waals surface area (Å²) >= 11 is 0.